The number of rotatable bonds is 4. The molecule has 1 aromatic carbocycles. The topological polar surface area (TPSA) is 124 Å². The normalized spacial score (nSPS) is 14.2. The molecule has 0 saturated carbocycles. The summed E-state index contributed by atoms with van der Waals surface area (Å²) in [6.07, 6.45) is 1.14. The Hall–Kier alpha value is -2.72. The minimum absolute atomic E-state index is 0.168. The Balaban J connectivity index is 1.72. The van der Waals surface area contributed by atoms with Gasteiger partial charge >= 0.3 is 0 Å². The fraction of sp³-hybridized carbons (Fsp3) is 0.267. The molecule has 10 heteroatoms. The fourth-order valence-electron chi connectivity index (χ4n) is 2.53. The number of fused-ring (bicyclic) bond motifs is 1. The van der Waals surface area contributed by atoms with Crippen LogP contribution in [-0.2, 0) is 27.9 Å². The highest BCUT2D eigenvalue weighted by molar-refractivity contribution is 7.88. The molecule has 0 bridgehead atoms. The molecule has 1 aliphatic rings. The Bertz CT molecular complexity index is 933. The zero-order valence-electron chi connectivity index (χ0n) is 13.7. The number of carbonyl (C=O) groups is 2. The van der Waals surface area contributed by atoms with Gasteiger partial charge in [-0.15, -0.1) is 0 Å². The highest BCUT2D eigenvalue weighted by Gasteiger charge is 2.31. The average molecular weight is 363 g/mol. The summed E-state index contributed by atoms with van der Waals surface area (Å²) in [6.45, 7) is 1.76. The van der Waals surface area contributed by atoms with Crippen LogP contribution in [0.15, 0.2) is 24.3 Å². The van der Waals surface area contributed by atoms with Gasteiger partial charge < -0.3 is 10.6 Å². The van der Waals surface area contributed by atoms with Gasteiger partial charge in [-0.3, -0.25) is 14.7 Å². The minimum atomic E-state index is -3.32. The molecule has 2 amide bonds. The smallest absolute Gasteiger partial charge is 0.256 e. The van der Waals surface area contributed by atoms with Crippen LogP contribution in [0.4, 0.5) is 11.5 Å². The summed E-state index contributed by atoms with van der Waals surface area (Å²) in [4.78, 5) is 23.3. The minimum Gasteiger partial charge on any atom is -0.326 e. The van der Waals surface area contributed by atoms with Crippen molar-refractivity contribution in [2.24, 2.45) is 0 Å². The summed E-state index contributed by atoms with van der Waals surface area (Å²) in [5, 5.41) is 12.1. The van der Waals surface area contributed by atoms with E-state index in [4.69, 9.17) is 0 Å². The summed E-state index contributed by atoms with van der Waals surface area (Å²) in [5.74, 6) is -0.170. The molecule has 0 atom stereocenters. The number of nitrogens with zero attached hydrogens (tertiary/aromatic N) is 2. The van der Waals surface area contributed by atoms with Gasteiger partial charge in [-0.2, -0.15) is 9.40 Å². The van der Waals surface area contributed by atoms with Gasteiger partial charge in [0.1, 0.15) is 5.82 Å². The molecule has 0 unspecified atom stereocenters. The maximum absolute atomic E-state index is 12.3. The van der Waals surface area contributed by atoms with E-state index in [0.29, 0.717) is 28.3 Å². The number of hydrogen-bond acceptors (Lipinski definition) is 5. The third-order valence-electron chi connectivity index (χ3n) is 3.79. The van der Waals surface area contributed by atoms with E-state index < -0.39 is 10.0 Å². The average Bonchev–Trinajstić information content (AvgIpc) is 3.09. The molecule has 0 spiro atoms. The van der Waals surface area contributed by atoms with E-state index in [-0.39, 0.29) is 24.9 Å². The number of hydrogen-bond donors (Lipinski definition) is 3. The lowest BCUT2D eigenvalue weighted by Crippen LogP contribution is -2.24. The van der Waals surface area contributed by atoms with Crippen LogP contribution >= 0.6 is 0 Å². The molecule has 0 saturated heterocycles. The lowest BCUT2D eigenvalue weighted by molar-refractivity contribution is -0.114. The van der Waals surface area contributed by atoms with Crippen molar-refractivity contribution in [1.29, 1.82) is 0 Å². The molecule has 1 aromatic heterocycles. The summed E-state index contributed by atoms with van der Waals surface area (Å²) < 4.78 is 24.6. The summed E-state index contributed by atoms with van der Waals surface area (Å²) in [7, 11) is -3.32. The van der Waals surface area contributed by atoms with E-state index in [9.17, 15) is 18.0 Å². The number of sulfonamides is 1. The molecule has 2 aromatic rings. The molecule has 2 heterocycles. The van der Waals surface area contributed by atoms with E-state index in [2.05, 4.69) is 20.8 Å². The molecule has 0 fully saturated rings. The number of H-pyrrole nitrogens is 1. The second-order valence-electron chi connectivity index (χ2n) is 5.77. The standard InChI is InChI=1S/C15H17N5O4S/c1-9(21)16-11-5-3-10(4-6-11)15(22)17-14-12-7-20(25(2,23)24)8-13(12)18-19-14/h3-6H,7-8H2,1-2H3,(H,16,21)(H2,17,18,19,22). The van der Waals surface area contributed by atoms with Gasteiger partial charge in [-0.25, -0.2) is 8.42 Å². The van der Waals surface area contributed by atoms with E-state index in [1.165, 1.54) is 11.2 Å². The lowest BCUT2D eigenvalue weighted by atomic mass is 10.2. The van der Waals surface area contributed by atoms with Gasteiger partial charge in [0.25, 0.3) is 5.91 Å². The van der Waals surface area contributed by atoms with Gasteiger partial charge in [0.05, 0.1) is 18.5 Å². The third-order valence-corrected chi connectivity index (χ3v) is 4.98. The van der Waals surface area contributed by atoms with Crippen LogP contribution in [0, 0.1) is 0 Å². The molecule has 1 aliphatic heterocycles. The van der Waals surface area contributed by atoms with Crippen molar-refractivity contribution in [3.63, 3.8) is 0 Å². The van der Waals surface area contributed by atoms with Crippen molar-refractivity contribution < 1.29 is 18.0 Å². The number of carbonyl (C=O) groups excluding carboxylic acids is 2. The van der Waals surface area contributed by atoms with Gasteiger partial charge in [-0.05, 0) is 24.3 Å². The molecule has 25 heavy (non-hydrogen) atoms. The van der Waals surface area contributed by atoms with E-state index in [0.717, 1.165) is 6.26 Å². The number of aromatic amines is 1. The number of nitrogens with one attached hydrogen (secondary N) is 3. The van der Waals surface area contributed by atoms with Gasteiger partial charge in [0.15, 0.2) is 0 Å². The van der Waals surface area contributed by atoms with Crippen molar-refractivity contribution in [2.45, 2.75) is 20.0 Å². The van der Waals surface area contributed by atoms with Crippen LogP contribution in [-0.4, -0.2) is 41.0 Å². The largest absolute Gasteiger partial charge is 0.326 e. The summed E-state index contributed by atoms with van der Waals surface area (Å²) in [6, 6.07) is 6.41. The van der Waals surface area contributed by atoms with E-state index in [1.54, 1.807) is 24.3 Å². The Morgan fingerprint density at radius 3 is 2.44 bits per heavy atom. The maximum Gasteiger partial charge on any atom is 0.256 e. The van der Waals surface area contributed by atoms with Crippen LogP contribution in [0.3, 0.4) is 0 Å². The molecular weight excluding hydrogens is 346 g/mol. The zero-order chi connectivity index (χ0) is 18.2. The van der Waals surface area contributed by atoms with Gasteiger partial charge in [-0.1, -0.05) is 0 Å². The molecule has 132 valence electrons. The van der Waals surface area contributed by atoms with E-state index in [1.807, 2.05) is 0 Å². The maximum atomic E-state index is 12.3. The van der Waals surface area contributed by atoms with Crippen molar-refractivity contribution in [3.8, 4) is 0 Å². The van der Waals surface area contributed by atoms with Gasteiger partial charge in [0, 0.05) is 30.3 Å². The quantitative estimate of drug-likeness (QED) is 0.744. The van der Waals surface area contributed by atoms with Crippen LogP contribution in [0.5, 0.6) is 0 Å². The first-order valence-corrected chi connectivity index (χ1v) is 9.29. The van der Waals surface area contributed by atoms with Crippen LogP contribution < -0.4 is 10.6 Å². The Morgan fingerprint density at radius 1 is 1.16 bits per heavy atom. The molecular formula is C15H17N5O4S. The number of benzene rings is 1. The number of anilines is 2. The monoisotopic (exact) mass is 363 g/mol. The second-order valence-corrected chi connectivity index (χ2v) is 7.75. The first kappa shape index (κ1) is 17.1. The highest BCUT2D eigenvalue weighted by atomic mass is 32.2. The highest BCUT2D eigenvalue weighted by Crippen LogP contribution is 2.28. The van der Waals surface area contributed by atoms with Crippen LogP contribution in [0.1, 0.15) is 28.5 Å². The van der Waals surface area contributed by atoms with Crippen molar-refractivity contribution in [1.82, 2.24) is 14.5 Å². The predicted octanol–water partition coefficient (Wildman–Crippen LogP) is 0.896. The zero-order valence-corrected chi connectivity index (χ0v) is 14.5. The summed E-state index contributed by atoms with van der Waals surface area (Å²) >= 11 is 0. The lowest BCUT2D eigenvalue weighted by Gasteiger charge is -2.12. The van der Waals surface area contributed by atoms with Crippen LogP contribution in [0.25, 0.3) is 0 Å². The predicted molar refractivity (Wildman–Crippen MR) is 91.4 cm³/mol. The Morgan fingerprint density at radius 2 is 1.84 bits per heavy atom. The first-order valence-electron chi connectivity index (χ1n) is 7.44. The SMILES string of the molecule is CC(=O)Nc1ccc(C(=O)Nc2[nH]nc3c2CN(S(C)(=O)=O)C3)cc1. The molecule has 3 rings (SSSR count). The Kier molecular flexibility index (Phi) is 4.31. The van der Waals surface area contributed by atoms with Crippen molar-refractivity contribution >= 4 is 33.3 Å². The van der Waals surface area contributed by atoms with Crippen molar-refractivity contribution in [3.05, 3.63) is 41.1 Å². The fourth-order valence-corrected chi connectivity index (χ4v) is 3.26. The molecule has 0 aliphatic carbocycles. The molecule has 3 N–H and O–H groups in total. The van der Waals surface area contributed by atoms with Crippen LogP contribution in [0.2, 0.25) is 0 Å². The third kappa shape index (κ3) is 3.69. The first-order chi connectivity index (χ1) is 11.7. The number of aromatic nitrogens is 2. The van der Waals surface area contributed by atoms with E-state index >= 15 is 0 Å². The summed E-state index contributed by atoms with van der Waals surface area (Å²) in [5.41, 5.74) is 2.25. The molecule has 9 nitrogen and oxygen atoms in total. The molecule has 0 radical (unpaired) electrons. The second kappa shape index (κ2) is 6.30. The van der Waals surface area contributed by atoms with Crippen molar-refractivity contribution in [2.75, 3.05) is 16.9 Å². The Labute approximate surface area is 144 Å². The number of amides is 2. The van der Waals surface area contributed by atoms with Gasteiger partial charge in [0.2, 0.25) is 15.9 Å².